The molecule has 1 aromatic carbocycles. The van der Waals surface area contributed by atoms with Gasteiger partial charge in [-0.2, -0.15) is 0 Å². The summed E-state index contributed by atoms with van der Waals surface area (Å²) in [5.41, 5.74) is 0.929. The van der Waals surface area contributed by atoms with Gasteiger partial charge in [0.1, 0.15) is 22.7 Å². The molecule has 2 aromatic rings. The first kappa shape index (κ1) is 14.1. The van der Waals surface area contributed by atoms with Gasteiger partial charge < -0.3 is 13.9 Å². The van der Waals surface area contributed by atoms with E-state index in [-0.39, 0.29) is 19.0 Å². The standard InChI is InChI=1S/C15H16O5/c1-4-13(16)20-10-6-7-12-11(8-10)14(9(3)19-12)15(17)18-5-2/h6-8H,4-5H2,1-3H3. The number of carbonyl (C=O) groups is 2. The van der Waals surface area contributed by atoms with Gasteiger partial charge in [0.15, 0.2) is 0 Å². The van der Waals surface area contributed by atoms with E-state index in [1.165, 1.54) is 0 Å². The zero-order valence-corrected chi connectivity index (χ0v) is 11.7. The van der Waals surface area contributed by atoms with Crippen molar-refractivity contribution in [2.45, 2.75) is 27.2 Å². The second kappa shape index (κ2) is 5.77. The van der Waals surface area contributed by atoms with Crippen molar-refractivity contribution in [3.8, 4) is 5.75 Å². The van der Waals surface area contributed by atoms with Crippen LogP contribution in [-0.4, -0.2) is 18.5 Å². The van der Waals surface area contributed by atoms with Crippen molar-refractivity contribution in [1.82, 2.24) is 0 Å². The Morgan fingerprint density at radius 3 is 2.65 bits per heavy atom. The summed E-state index contributed by atoms with van der Waals surface area (Å²) in [5, 5.41) is 0.586. The molecule has 0 saturated carbocycles. The molecule has 0 atom stereocenters. The van der Waals surface area contributed by atoms with Gasteiger partial charge in [-0.3, -0.25) is 4.79 Å². The van der Waals surface area contributed by atoms with Crippen molar-refractivity contribution in [3.63, 3.8) is 0 Å². The Hall–Kier alpha value is -2.30. The number of benzene rings is 1. The van der Waals surface area contributed by atoms with Gasteiger partial charge in [0.25, 0.3) is 0 Å². The highest BCUT2D eigenvalue weighted by Crippen LogP contribution is 2.29. The van der Waals surface area contributed by atoms with Gasteiger partial charge in [0, 0.05) is 11.8 Å². The van der Waals surface area contributed by atoms with Crippen molar-refractivity contribution in [1.29, 1.82) is 0 Å². The maximum Gasteiger partial charge on any atom is 0.342 e. The molecule has 0 saturated heterocycles. The monoisotopic (exact) mass is 276 g/mol. The maximum atomic E-state index is 11.9. The average Bonchev–Trinajstić information content (AvgIpc) is 2.74. The molecular formula is C15H16O5. The third-order valence-corrected chi connectivity index (χ3v) is 2.84. The first-order valence-electron chi connectivity index (χ1n) is 6.47. The van der Waals surface area contributed by atoms with Crippen LogP contribution in [0.1, 0.15) is 36.4 Å². The van der Waals surface area contributed by atoms with E-state index in [9.17, 15) is 9.59 Å². The molecule has 2 rings (SSSR count). The number of esters is 2. The van der Waals surface area contributed by atoms with Crippen LogP contribution in [0, 0.1) is 6.92 Å². The van der Waals surface area contributed by atoms with Crippen LogP contribution in [0.5, 0.6) is 5.75 Å². The summed E-state index contributed by atoms with van der Waals surface area (Å²) in [4.78, 5) is 23.2. The predicted molar refractivity (Wildman–Crippen MR) is 72.8 cm³/mol. The fourth-order valence-corrected chi connectivity index (χ4v) is 1.92. The molecule has 106 valence electrons. The number of carbonyl (C=O) groups excluding carboxylic acids is 2. The van der Waals surface area contributed by atoms with Gasteiger partial charge in [0.05, 0.1) is 6.61 Å². The van der Waals surface area contributed by atoms with Gasteiger partial charge in [-0.25, -0.2) is 4.79 Å². The summed E-state index contributed by atoms with van der Waals surface area (Å²) in [7, 11) is 0. The number of rotatable bonds is 4. The van der Waals surface area contributed by atoms with E-state index in [1.807, 2.05) is 0 Å². The second-order valence-electron chi connectivity index (χ2n) is 4.24. The molecule has 0 bridgehead atoms. The van der Waals surface area contributed by atoms with E-state index in [0.717, 1.165) is 0 Å². The Morgan fingerprint density at radius 2 is 2.00 bits per heavy atom. The molecule has 1 aromatic heterocycles. The topological polar surface area (TPSA) is 65.7 Å². The molecule has 0 amide bonds. The highest BCUT2D eigenvalue weighted by molar-refractivity contribution is 6.05. The molecule has 1 heterocycles. The molecule has 0 fully saturated rings. The summed E-state index contributed by atoms with van der Waals surface area (Å²) in [6.45, 7) is 5.44. The van der Waals surface area contributed by atoms with Crippen LogP contribution >= 0.6 is 0 Å². The lowest BCUT2D eigenvalue weighted by molar-refractivity contribution is -0.134. The molecule has 0 spiro atoms. The number of hydrogen-bond donors (Lipinski definition) is 0. The minimum absolute atomic E-state index is 0.285. The number of ether oxygens (including phenoxy) is 2. The Labute approximate surface area is 116 Å². The fraction of sp³-hybridized carbons (Fsp3) is 0.333. The molecule has 0 N–H and O–H groups in total. The van der Waals surface area contributed by atoms with E-state index in [4.69, 9.17) is 13.9 Å². The molecule has 20 heavy (non-hydrogen) atoms. The Balaban J connectivity index is 2.46. The highest BCUT2D eigenvalue weighted by Gasteiger charge is 2.20. The maximum absolute atomic E-state index is 11.9. The number of fused-ring (bicyclic) bond motifs is 1. The molecular weight excluding hydrogens is 260 g/mol. The predicted octanol–water partition coefficient (Wildman–Crippen LogP) is 3.23. The van der Waals surface area contributed by atoms with Crippen LogP contribution in [0.15, 0.2) is 22.6 Å². The minimum atomic E-state index is -0.442. The van der Waals surface area contributed by atoms with Crippen molar-refractivity contribution in [2.24, 2.45) is 0 Å². The molecule has 0 unspecified atom stereocenters. The fourth-order valence-electron chi connectivity index (χ4n) is 1.92. The lowest BCUT2D eigenvalue weighted by atomic mass is 10.1. The number of hydrogen-bond acceptors (Lipinski definition) is 5. The van der Waals surface area contributed by atoms with Crippen molar-refractivity contribution in [2.75, 3.05) is 6.61 Å². The highest BCUT2D eigenvalue weighted by atomic mass is 16.5. The Bertz CT molecular complexity index is 654. The zero-order chi connectivity index (χ0) is 14.7. The van der Waals surface area contributed by atoms with Crippen LogP contribution in [0.2, 0.25) is 0 Å². The van der Waals surface area contributed by atoms with Crippen molar-refractivity contribution in [3.05, 3.63) is 29.5 Å². The van der Waals surface area contributed by atoms with Crippen LogP contribution in [0.4, 0.5) is 0 Å². The molecule has 5 heteroatoms. The minimum Gasteiger partial charge on any atom is -0.462 e. The first-order chi connectivity index (χ1) is 9.56. The summed E-state index contributed by atoms with van der Waals surface area (Å²) < 4.78 is 15.7. The largest absolute Gasteiger partial charge is 0.462 e. The SMILES string of the molecule is CCOC(=O)c1c(C)oc2ccc(OC(=O)CC)cc12. The van der Waals surface area contributed by atoms with Gasteiger partial charge in [-0.15, -0.1) is 0 Å². The summed E-state index contributed by atoms with van der Waals surface area (Å²) >= 11 is 0. The van der Waals surface area contributed by atoms with Crippen molar-refractivity contribution >= 4 is 22.9 Å². The van der Waals surface area contributed by atoms with E-state index < -0.39 is 5.97 Å². The molecule has 0 aliphatic heterocycles. The van der Waals surface area contributed by atoms with Crippen LogP contribution < -0.4 is 4.74 Å². The smallest absolute Gasteiger partial charge is 0.342 e. The lowest BCUT2D eigenvalue weighted by Crippen LogP contribution is -2.06. The third kappa shape index (κ3) is 2.66. The molecule has 0 radical (unpaired) electrons. The summed E-state index contributed by atoms with van der Waals surface area (Å²) in [6, 6.07) is 4.92. The van der Waals surface area contributed by atoms with E-state index in [0.29, 0.717) is 28.0 Å². The quantitative estimate of drug-likeness (QED) is 0.633. The van der Waals surface area contributed by atoms with Gasteiger partial charge in [-0.1, -0.05) is 6.92 Å². The van der Waals surface area contributed by atoms with Crippen LogP contribution in [0.25, 0.3) is 11.0 Å². The third-order valence-electron chi connectivity index (χ3n) is 2.84. The normalized spacial score (nSPS) is 10.6. The van der Waals surface area contributed by atoms with E-state index in [1.54, 1.807) is 39.0 Å². The number of aryl methyl sites for hydroxylation is 1. The Morgan fingerprint density at radius 1 is 1.25 bits per heavy atom. The number of furan rings is 1. The van der Waals surface area contributed by atoms with Crippen LogP contribution in [-0.2, 0) is 9.53 Å². The molecule has 5 nitrogen and oxygen atoms in total. The first-order valence-corrected chi connectivity index (χ1v) is 6.47. The van der Waals surface area contributed by atoms with Crippen LogP contribution in [0.3, 0.4) is 0 Å². The lowest BCUT2D eigenvalue weighted by Gasteiger charge is -2.03. The summed E-state index contributed by atoms with van der Waals surface area (Å²) in [5.74, 6) is 0.0955. The average molecular weight is 276 g/mol. The molecule has 0 aliphatic rings. The van der Waals surface area contributed by atoms with Gasteiger partial charge >= 0.3 is 11.9 Å². The zero-order valence-electron chi connectivity index (χ0n) is 11.7. The van der Waals surface area contributed by atoms with E-state index in [2.05, 4.69) is 0 Å². The van der Waals surface area contributed by atoms with Gasteiger partial charge in [-0.05, 0) is 32.0 Å². The van der Waals surface area contributed by atoms with Gasteiger partial charge in [0.2, 0.25) is 0 Å². The molecule has 0 aliphatic carbocycles. The second-order valence-corrected chi connectivity index (χ2v) is 4.24. The summed E-state index contributed by atoms with van der Waals surface area (Å²) in [6.07, 6.45) is 0.285. The van der Waals surface area contributed by atoms with E-state index >= 15 is 0 Å². The Kier molecular flexibility index (Phi) is 4.08. The van der Waals surface area contributed by atoms with Crippen molar-refractivity contribution < 1.29 is 23.5 Å².